The van der Waals surface area contributed by atoms with Crippen LogP contribution in [0.4, 0.5) is 0 Å². The number of primary amides is 1. The zero-order chi connectivity index (χ0) is 11.8. The molecule has 0 fully saturated rings. The predicted molar refractivity (Wildman–Crippen MR) is 59.4 cm³/mol. The first-order valence-electron chi connectivity index (χ1n) is 5.12. The summed E-state index contributed by atoms with van der Waals surface area (Å²) in [5, 5.41) is 0. The molecule has 0 saturated carbocycles. The topological polar surface area (TPSA) is 74.4 Å². The van der Waals surface area contributed by atoms with Gasteiger partial charge in [-0.15, -0.1) is 0 Å². The molecule has 1 heterocycles. The Morgan fingerprint density at radius 1 is 1.44 bits per heavy atom. The van der Waals surface area contributed by atoms with Gasteiger partial charge in [-0.1, -0.05) is 0 Å². The molecular formula is C11H16N2O3. The van der Waals surface area contributed by atoms with Crippen LogP contribution in [0.15, 0.2) is 18.3 Å². The van der Waals surface area contributed by atoms with Crippen molar-refractivity contribution in [3.05, 3.63) is 24.0 Å². The van der Waals surface area contributed by atoms with Crippen LogP contribution in [0.25, 0.3) is 0 Å². The highest BCUT2D eigenvalue weighted by molar-refractivity contribution is 5.93. The Kier molecular flexibility index (Phi) is 5.28. The molecular weight excluding hydrogens is 208 g/mol. The van der Waals surface area contributed by atoms with Gasteiger partial charge in [-0.3, -0.25) is 4.79 Å². The fourth-order valence-corrected chi connectivity index (χ4v) is 1.22. The van der Waals surface area contributed by atoms with Crippen LogP contribution in [-0.4, -0.2) is 31.2 Å². The lowest BCUT2D eigenvalue weighted by Crippen LogP contribution is -2.15. The first-order chi connectivity index (χ1) is 7.75. The molecule has 0 radical (unpaired) electrons. The number of carbonyl (C=O) groups is 1. The second-order valence-electron chi connectivity index (χ2n) is 3.26. The van der Waals surface area contributed by atoms with Gasteiger partial charge in [0.25, 0.3) is 5.91 Å². The third kappa shape index (κ3) is 3.86. The number of ether oxygens (including phenoxy) is 2. The fraction of sp³-hybridized carbons (Fsp3) is 0.455. The van der Waals surface area contributed by atoms with Crippen LogP contribution in [0.2, 0.25) is 0 Å². The summed E-state index contributed by atoms with van der Waals surface area (Å²) in [5.74, 6) is -0.139. The number of pyridine rings is 1. The molecule has 0 aliphatic heterocycles. The van der Waals surface area contributed by atoms with Crippen LogP contribution >= 0.6 is 0 Å². The third-order valence-electron chi connectivity index (χ3n) is 2.00. The Labute approximate surface area is 94.6 Å². The average Bonchev–Trinajstić information content (AvgIpc) is 2.29. The number of unbranched alkanes of at least 4 members (excludes halogenated alkanes) is 1. The molecule has 0 atom stereocenters. The van der Waals surface area contributed by atoms with Crippen LogP contribution in [0.1, 0.15) is 23.3 Å². The minimum atomic E-state index is -0.576. The highest BCUT2D eigenvalue weighted by Crippen LogP contribution is 2.14. The Hall–Kier alpha value is -1.62. The number of nitrogens with zero attached hydrogens (tertiary/aromatic N) is 1. The Morgan fingerprint density at radius 3 is 2.88 bits per heavy atom. The standard InChI is InChI=1S/C11H16N2O3/c1-15-7-2-3-8-16-9-5-4-6-13-10(9)11(12)14/h4-6H,2-3,7-8H2,1H3,(H2,12,14). The summed E-state index contributed by atoms with van der Waals surface area (Å²) in [7, 11) is 1.66. The van der Waals surface area contributed by atoms with E-state index in [0.717, 1.165) is 12.8 Å². The van der Waals surface area contributed by atoms with E-state index in [-0.39, 0.29) is 5.69 Å². The zero-order valence-electron chi connectivity index (χ0n) is 9.31. The van der Waals surface area contributed by atoms with Crippen LogP contribution in [0.5, 0.6) is 5.75 Å². The van der Waals surface area contributed by atoms with Gasteiger partial charge in [0.15, 0.2) is 11.4 Å². The molecule has 0 aliphatic carbocycles. The van der Waals surface area contributed by atoms with Crippen molar-refractivity contribution in [1.82, 2.24) is 4.98 Å². The summed E-state index contributed by atoms with van der Waals surface area (Å²) in [6.45, 7) is 1.23. The van der Waals surface area contributed by atoms with Gasteiger partial charge in [-0.25, -0.2) is 4.98 Å². The van der Waals surface area contributed by atoms with Crippen molar-refractivity contribution in [2.75, 3.05) is 20.3 Å². The van der Waals surface area contributed by atoms with Crippen LogP contribution in [0.3, 0.4) is 0 Å². The van der Waals surface area contributed by atoms with E-state index in [0.29, 0.717) is 19.0 Å². The molecule has 5 nitrogen and oxygen atoms in total. The molecule has 1 amide bonds. The largest absolute Gasteiger partial charge is 0.491 e. The Bertz CT molecular complexity index is 342. The van der Waals surface area contributed by atoms with Gasteiger partial charge in [-0.2, -0.15) is 0 Å². The number of aromatic nitrogens is 1. The minimum absolute atomic E-state index is 0.175. The van der Waals surface area contributed by atoms with Crippen molar-refractivity contribution in [1.29, 1.82) is 0 Å². The van der Waals surface area contributed by atoms with Crippen molar-refractivity contribution < 1.29 is 14.3 Å². The van der Waals surface area contributed by atoms with Gasteiger partial charge < -0.3 is 15.2 Å². The quantitative estimate of drug-likeness (QED) is 0.701. The molecule has 1 rings (SSSR count). The van der Waals surface area contributed by atoms with E-state index in [1.807, 2.05) is 0 Å². The summed E-state index contributed by atoms with van der Waals surface area (Å²) >= 11 is 0. The van der Waals surface area contributed by atoms with E-state index in [9.17, 15) is 4.79 Å². The van der Waals surface area contributed by atoms with Crippen LogP contribution < -0.4 is 10.5 Å². The lowest BCUT2D eigenvalue weighted by atomic mass is 10.3. The molecule has 0 spiro atoms. The Morgan fingerprint density at radius 2 is 2.19 bits per heavy atom. The summed E-state index contributed by atoms with van der Waals surface area (Å²) in [6.07, 6.45) is 3.29. The first-order valence-corrected chi connectivity index (χ1v) is 5.12. The number of hydrogen-bond acceptors (Lipinski definition) is 4. The second-order valence-corrected chi connectivity index (χ2v) is 3.26. The maximum atomic E-state index is 11.0. The van der Waals surface area contributed by atoms with Gasteiger partial charge >= 0.3 is 0 Å². The number of hydrogen-bond donors (Lipinski definition) is 1. The zero-order valence-corrected chi connectivity index (χ0v) is 9.31. The van der Waals surface area contributed by atoms with Gasteiger partial charge in [0, 0.05) is 19.9 Å². The number of methoxy groups -OCH3 is 1. The van der Waals surface area contributed by atoms with Crippen molar-refractivity contribution >= 4 is 5.91 Å². The van der Waals surface area contributed by atoms with Gasteiger partial charge in [-0.05, 0) is 25.0 Å². The first kappa shape index (κ1) is 12.4. The van der Waals surface area contributed by atoms with Crippen molar-refractivity contribution in [3.8, 4) is 5.75 Å². The lowest BCUT2D eigenvalue weighted by Gasteiger charge is -2.07. The van der Waals surface area contributed by atoms with Gasteiger partial charge in [0.05, 0.1) is 6.61 Å². The van der Waals surface area contributed by atoms with Crippen molar-refractivity contribution in [2.24, 2.45) is 5.73 Å². The van der Waals surface area contributed by atoms with Crippen molar-refractivity contribution in [2.45, 2.75) is 12.8 Å². The maximum Gasteiger partial charge on any atom is 0.271 e. The fourth-order valence-electron chi connectivity index (χ4n) is 1.22. The number of carbonyl (C=O) groups excluding carboxylic acids is 1. The monoisotopic (exact) mass is 224 g/mol. The molecule has 0 unspecified atom stereocenters. The van der Waals surface area contributed by atoms with E-state index < -0.39 is 5.91 Å². The van der Waals surface area contributed by atoms with E-state index in [1.54, 1.807) is 19.2 Å². The van der Waals surface area contributed by atoms with Crippen LogP contribution in [-0.2, 0) is 4.74 Å². The SMILES string of the molecule is COCCCCOc1cccnc1C(N)=O. The molecule has 0 bridgehead atoms. The minimum Gasteiger partial charge on any atom is -0.491 e. The Balaban J connectivity index is 2.44. The van der Waals surface area contributed by atoms with E-state index in [1.165, 1.54) is 6.20 Å². The summed E-state index contributed by atoms with van der Waals surface area (Å²) < 4.78 is 10.3. The maximum absolute atomic E-state index is 11.0. The smallest absolute Gasteiger partial charge is 0.271 e. The summed E-state index contributed by atoms with van der Waals surface area (Å²) in [4.78, 5) is 14.9. The molecule has 0 saturated heterocycles. The molecule has 16 heavy (non-hydrogen) atoms. The molecule has 88 valence electrons. The normalized spacial score (nSPS) is 10.1. The summed E-state index contributed by atoms with van der Waals surface area (Å²) in [5.41, 5.74) is 5.34. The second kappa shape index (κ2) is 6.79. The average molecular weight is 224 g/mol. The summed E-state index contributed by atoms with van der Waals surface area (Å²) in [6, 6.07) is 3.39. The number of nitrogens with two attached hydrogens (primary N) is 1. The third-order valence-corrected chi connectivity index (χ3v) is 2.00. The number of rotatable bonds is 7. The van der Waals surface area contributed by atoms with Crippen LogP contribution in [0, 0.1) is 0 Å². The molecule has 1 aromatic heterocycles. The van der Waals surface area contributed by atoms with E-state index in [4.69, 9.17) is 15.2 Å². The molecule has 0 aliphatic rings. The predicted octanol–water partition coefficient (Wildman–Crippen LogP) is 0.986. The highest BCUT2D eigenvalue weighted by Gasteiger charge is 2.09. The molecule has 1 aromatic rings. The van der Waals surface area contributed by atoms with Crippen molar-refractivity contribution in [3.63, 3.8) is 0 Å². The van der Waals surface area contributed by atoms with Gasteiger partial charge in [0.1, 0.15) is 0 Å². The molecule has 0 aromatic carbocycles. The molecule has 5 heteroatoms. The molecule has 2 N–H and O–H groups in total. The van der Waals surface area contributed by atoms with E-state index >= 15 is 0 Å². The van der Waals surface area contributed by atoms with Gasteiger partial charge in [0.2, 0.25) is 0 Å². The lowest BCUT2D eigenvalue weighted by molar-refractivity contribution is 0.0991. The van der Waals surface area contributed by atoms with E-state index in [2.05, 4.69) is 4.98 Å². The number of amides is 1. The highest BCUT2D eigenvalue weighted by atomic mass is 16.5.